The summed E-state index contributed by atoms with van der Waals surface area (Å²) < 4.78 is 2.15. The van der Waals surface area contributed by atoms with Crippen molar-refractivity contribution in [1.29, 1.82) is 0 Å². The Morgan fingerprint density at radius 2 is 2.12 bits per heavy atom. The fraction of sp³-hybridized carbons (Fsp3) is 0.765. The number of hydrogen-bond acceptors (Lipinski definition) is 5. The van der Waals surface area contributed by atoms with Gasteiger partial charge in [0.05, 0.1) is 5.41 Å². The van der Waals surface area contributed by atoms with E-state index in [0.29, 0.717) is 25.4 Å². The number of nitrogens with zero attached hydrogens (tertiary/aromatic N) is 4. The number of aryl methyl sites for hydroxylation is 1. The van der Waals surface area contributed by atoms with Crippen molar-refractivity contribution in [2.24, 2.45) is 11.3 Å². The number of carboxylic acids is 1. The molecule has 2 amide bonds. The van der Waals surface area contributed by atoms with E-state index in [0.717, 1.165) is 30.4 Å². The van der Waals surface area contributed by atoms with Crippen LogP contribution in [0.3, 0.4) is 0 Å². The molecule has 1 saturated heterocycles. The first-order valence-corrected chi connectivity index (χ1v) is 10.2. The van der Waals surface area contributed by atoms with Crippen LogP contribution in [0, 0.1) is 11.3 Å². The summed E-state index contributed by atoms with van der Waals surface area (Å²) in [4.78, 5) is 25.1. The number of likely N-dealkylation sites (tertiary alicyclic amines) is 1. The lowest BCUT2D eigenvalue weighted by Crippen LogP contribution is -2.41. The van der Waals surface area contributed by atoms with Crippen LogP contribution < -0.4 is 5.32 Å². The minimum absolute atomic E-state index is 0.191. The van der Waals surface area contributed by atoms with Gasteiger partial charge in [0.1, 0.15) is 5.82 Å². The van der Waals surface area contributed by atoms with Crippen LogP contribution in [0.25, 0.3) is 0 Å². The van der Waals surface area contributed by atoms with Gasteiger partial charge in [-0.1, -0.05) is 25.6 Å². The van der Waals surface area contributed by atoms with Gasteiger partial charge in [-0.05, 0) is 31.9 Å². The van der Waals surface area contributed by atoms with Gasteiger partial charge in [-0.3, -0.25) is 4.79 Å². The van der Waals surface area contributed by atoms with Gasteiger partial charge in [0.2, 0.25) is 0 Å². The molecule has 2 rings (SSSR count). The summed E-state index contributed by atoms with van der Waals surface area (Å²) in [5, 5.41) is 21.5. The van der Waals surface area contributed by atoms with Crippen molar-refractivity contribution < 1.29 is 14.7 Å². The Hall–Kier alpha value is -1.77. The maximum absolute atomic E-state index is 12.2. The molecule has 1 aromatic rings. The third kappa shape index (κ3) is 4.90. The van der Waals surface area contributed by atoms with E-state index in [1.165, 1.54) is 0 Å². The zero-order chi connectivity index (χ0) is 19.3. The Morgan fingerprint density at radius 3 is 2.69 bits per heavy atom. The number of aromatic nitrogens is 3. The van der Waals surface area contributed by atoms with E-state index < -0.39 is 11.4 Å². The normalized spacial score (nSPS) is 20.0. The van der Waals surface area contributed by atoms with Crippen LogP contribution in [0.5, 0.6) is 0 Å². The molecule has 0 radical (unpaired) electrons. The Labute approximate surface area is 158 Å². The molecule has 0 bridgehead atoms. The molecular formula is C17H29N5O3S. The van der Waals surface area contributed by atoms with Gasteiger partial charge in [0.25, 0.3) is 0 Å². The third-order valence-corrected chi connectivity index (χ3v) is 5.32. The third-order valence-electron chi connectivity index (χ3n) is 4.65. The first kappa shape index (κ1) is 20.5. The maximum Gasteiger partial charge on any atom is 0.317 e. The highest BCUT2D eigenvalue weighted by molar-refractivity contribution is 7.98. The van der Waals surface area contributed by atoms with Gasteiger partial charge in [0, 0.05) is 32.6 Å². The summed E-state index contributed by atoms with van der Waals surface area (Å²) in [5.74, 6) is 0.605. The molecule has 0 spiro atoms. The second-order valence-corrected chi connectivity index (χ2v) is 8.25. The van der Waals surface area contributed by atoms with Crippen LogP contribution in [0.4, 0.5) is 4.79 Å². The largest absolute Gasteiger partial charge is 0.481 e. The molecule has 9 heteroatoms. The molecule has 0 saturated carbocycles. The fourth-order valence-corrected chi connectivity index (χ4v) is 3.59. The van der Waals surface area contributed by atoms with E-state index in [-0.39, 0.29) is 12.6 Å². The second-order valence-electron chi connectivity index (χ2n) is 7.48. The van der Waals surface area contributed by atoms with Crippen molar-refractivity contribution in [1.82, 2.24) is 25.0 Å². The number of carbonyl (C=O) groups is 2. The van der Waals surface area contributed by atoms with E-state index in [1.54, 1.807) is 23.6 Å². The van der Waals surface area contributed by atoms with Gasteiger partial charge in [-0.15, -0.1) is 10.2 Å². The van der Waals surface area contributed by atoms with E-state index in [4.69, 9.17) is 0 Å². The number of aliphatic carboxylic acids is 1. The van der Waals surface area contributed by atoms with Crippen LogP contribution >= 0.6 is 11.8 Å². The molecule has 1 aliphatic rings. The van der Waals surface area contributed by atoms with E-state index in [9.17, 15) is 14.7 Å². The molecule has 0 aromatic carbocycles. The summed E-state index contributed by atoms with van der Waals surface area (Å²) in [7, 11) is 0. The average Bonchev–Trinajstić information content (AvgIpc) is 3.16. The Morgan fingerprint density at radius 1 is 1.38 bits per heavy atom. The predicted molar refractivity (Wildman–Crippen MR) is 100 cm³/mol. The van der Waals surface area contributed by atoms with Crippen LogP contribution in [-0.4, -0.2) is 62.7 Å². The highest BCUT2D eigenvalue weighted by Crippen LogP contribution is 2.29. The number of carboxylic acid groups (broad SMARTS) is 1. The quantitative estimate of drug-likeness (QED) is 0.527. The highest BCUT2D eigenvalue weighted by Gasteiger charge is 2.42. The van der Waals surface area contributed by atoms with Gasteiger partial charge < -0.3 is 19.9 Å². The van der Waals surface area contributed by atoms with Crippen LogP contribution in [0.15, 0.2) is 5.16 Å². The number of amides is 2. The second kappa shape index (κ2) is 8.75. The molecular weight excluding hydrogens is 354 g/mol. The van der Waals surface area contributed by atoms with Crippen molar-refractivity contribution in [2.45, 2.75) is 51.7 Å². The summed E-state index contributed by atoms with van der Waals surface area (Å²) in [6.45, 7) is 8.16. The first-order chi connectivity index (χ1) is 12.3. The maximum atomic E-state index is 12.2. The molecule has 0 aliphatic carbocycles. The summed E-state index contributed by atoms with van der Waals surface area (Å²) in [6.07, 6.45) is 3.99. The summed E-state index contributed by atoms with van der Waals surface area (Å²) >= 11 is 1.59. The van der Waals surface area contributed by atoms with Crippen molar-refractivity contribution in [3.8, 4) is 0 Å². The number of nitrogens with one attached hydrogen (secondary N) is 1. The standard InChI is InChI=1S/C17H29N5O3S/c1-12(2)10-22-13(19-20-16(22)26-4)6-5-8-18-15(25)21-9-7-17(3,11-21)14(23)24/h12H,5-11H2,1-4H3,(H,18,25)(H,23,24). The van der Waals surface area contributed by atoms with Crippen molar-refractivity contribution in [3.05, 3.63) is 5.82 Å². The van der Waals surface area contributed by atoms with Crippen LogP contribution in [0.2, 0.25) is 0 Å². The fourth-order valence-electron chi connectivity index (χ4n) is 3.07. The lowest BCUT2D eigenvalue weighted by Gasteiger charge is -2.20. The SMILES string of the molecule is CSc1nnc(CCCNC(=O)N2CCC(C)(C(=O)O)C2)n1CC(C)C. The van der Waals surface area contributed by atoms with Gasteiger partial charge in [-0.25, -0.2) is 4.79 Å². The lowest BCUT2D eigenvalue weighted by molar-refractivity contribution is -0.147. The highest BCUT2D eigenvalue weighted by atomic mass is 32.2. The van der Waals surface area contributed by atoms with Gasteiger partial charge >= 0.3 is 12.0 Å². The molecule has 1 atom stereocenters. The van der Waals surface area contributed by atoms with E-state index in [1.807, 2.05) is 6.26 Å². The zero-order valence-electron chi connectivity index (χ0n) is 16.0. The van der Waals surface area contributed by atoms with Crippen molar-refractivity contribution >= 4 is 23.8 Å². The van der Waals surface area contributed by atoms with Crippen LogP contribution in [0.1, 0.15) is 39.4 Å². The number of carbonyl (C=O) groups excluding carboxylic acids is 1. The molecule has 146 valence electrons. The van der Waals surface area contributed by atoms with E-state index >= 15 is 0 Å². The van der Waals surface area contributed by atoms with Gasteiger partial charge in [-0.2, -0.15) is 0 Å². The zero-order valence-corrected chi connectivity index (χ0v) is 16.8. The Bertz CT molecular complexity index is 648. The summed E-state index contributed by atoms with van der Waals surface area (Å²) in [5.41, 5.74) is -0.834. The van der Waals surface area contributed by atoms with Crippen molar-refractivity contribution in [3.63, 3.8) is 0 Å². The van der Waals surface area contributed by atoms with E-state index in [2.05, 4.69) is 33.9 Å². The Kier molecular flexibility index (Phi) is 6.91. The number of thioether (sulfide) groups is 1. The molecule has 1 fully saturated rings. The first-order valence-electron chi connectivity index (χ1n) is 8.99. The molecule has 26 heavy (non-hydrogen) atoms. The minimum atomic E-state index is -0.845. The topological polar surface area (TPSA) is 100 Å². The summed E-state index contributed by atoms with van der Waals surface area (Å²) in [6, 6.07) is -0.191. The number of urea groups is 1. The Balaban J connectivity index is 1.80. The average molecular weight is 384 g/mol. The number of hydrogen-bond donors (Lipinski definition) is 2. The molecule has 1 unspecified atom stereocenters. The van der Waals surface area contributed by atoms with Crippen molar-refractivity contribution in [2.75, 3.05) is 25.9 Å². The molecule has 1 aromatic heterocycles. The number of rotatable bonds is 8. The molecule has 8 nitrogen and oxygen atoms in total. The monoisotopic (exact) mass is 383 g/mol. The predicted octanol–water partition coefficient (Wildman–Crippen LogP) is 2.09. The minimum Gasteiger partial charge on any atom is -0.481 e. The molecule has 2 N–H and O–H groups in total. The molecule has 1 aliphatic heterocycles. The lowest BCUT2D eigenvalue weighted by atomic mass is 9.90. The van der Waals surface area contributed by atoms with Crippen LogP contribution in [-0.2, 0) is 17.8 Å². The van der Waals surface area contributed by atoms with Gasteiger partial charge in [0.15, 0.2) is 5.16 Å². The smallest absolute Gasteiger partial charge is 0.317 e. The molecule has 2 heterocycles.